The largest absolute Gasteiger partial charge is 0.481 e. The van der Waals surface area contributed by atoms with Crippen LogP contribution in [0.2, 0.25) is 0 Å². The number of carbonyl (C=O) groups excluding carboxylic acids is 3. The second-order valence-electron chi connectivity index (χ2n) is 13.0. The fourth-order valence-electron chi connectivity index (χ4n) is 7.80. The van der Waals surface area contributed by atoms with E-state index in [2.05, 4.69) is 10.2 Å². The minimum absolute atomic E-state index is 0.0405. The molecule has 0 aromatic heterocycles. The molecule has 0 unspecified atom stereocenters. The van der Waals surface area contributed by atoms with Crippen LogP contribution in [0.4, 0.5) is 0 Å². The van der Waals surface area contributed by atoms with E-state index in [1.54, 1.807) is 13.0 Å². The Morgan fingerprint density at radius 3 is 2.72 bits per heavy atom. The van der Waals surface area contributed by atoms with Crippen LogP contribution in [-0.4, -0.2) is 94.6 Å². The number of rotatable bonds is 14. The van der Waals surface area contributed by atoms with Crippen molar-refractivity contribution in [2.45, 2.75) is 101 Å². The molecule has 13 nitrogen and oxygen atoms in total. The normalized spacial score (nSPS) is 27.3. The number of unbranched alkanes of at least 4 members (excludes halogenated alkanes) is 1. The summed E-state index contributed by atoms with van der Waals surface area (Å²) in [5.74, 6) is -3.17. The number of aliphatic carboxylic acids is 1. The quantitative estimate of drug-likeness (QED) is 0.143. The van der Waals surface area contributed by atoms with Crippen molar-refractivity contribution >= 4 is 23.8 Å². The lowest BCUT2D eigenvalue weighted by molar-refractivity contribution is -0.168. The van der Waals surface area contributed by atoms with Gasteiger partial charge in [0, 0.05) is 36.1 Å². The number of hydrogen-bond acceptors (Lipinski definition) is 11. The van der Waals surface area contributed by atoms with Gasteiger partial charge in [-0.1, -0.05) is 25.5 Å². The highest BCUT2D eigenvalue weighted by Gasteiger charge is 2.70. The van der Waals surface area contributed by atoms with E-state index in [4.69, 9.17) is 19.9 Å². The summed E-state index contributed by atoms with van der Waals surface area (Å²) < 4.78 is 17.3. The van der Waals surface area contributed by atoms with E-state index in [-0.39, 0.29) is 49.6 Å². The number of likely N-dealkylation sites (tertiary alicyclic amines) is 1. The molecule has 2 bridgehead atoms. The van der Waals surface area contributed by atoms with E-state index in [1.165, 1.54) is 0 Å². The van der Waals surface area contributed by atoms with Gasteiger partial charge in [0.1, 0.15) is 11.5 Å². The van der Waals surface area contributed by atoms with E-state index in [0.717, 1.165) is 36.9 Å². The van der Waals surface area contributed by atoms with Crippen LogP contribution in [0.5, 0.6) is 5.75 Å². The lowest BCUT2D eigenvalue weighted by atomic mass is 9.52. The second kappa shape index (κ2) is 13.7. The monoisotopic (exact) mass is 643 g/mol. The number of benzene rings is 1. The Kier molecular flexibility index (Phi) is 10.1. The highest BCUT2D eigenvalue weighted by Crippen LogP contribution is 2.64. The van der Waals surface area contributed by atoms with Gasteiger partial charge in [0.05, 0.1) is 30.5 Å². The molecule has 2 heterocycles. The maximum Gasteiger partial charge on any atom is 0.345 e. The molecule has 13 heteroatoms. The standard InChI is InChI=1S/C33H45N3O10/c1-19(6-3-4-13-34)30(40)35-14-10-25(38)45-23(31(41)42)17-26(39)44-22-9-12-33(43)24-16-20-7-8-21(18-37)28-27(20)32(33,29(22)46-28)11-5-15-36(24)2/h7-9,19,23-24,29,37,43H,3-6,10-18,34H2,1-2H3,(H,35,40)(H,41,42)/t19-,23-,24+,29-,32-,33+/m0/s1. The second-order valence-corrected chi connectivity index (χ2v) is 13.0. The molecule has 1 saturated heterocycles. The first-order valence-corrected chi connectivity index (χ1v) is 16.1. The van der Waals surface area contributed by atoms with Gasteiger partial charge in [-0.15, -0.1) is 0 Å². The van der Waals surface area contributed by atoms with Gasteiger partial charge >= 0.3 is 17.9 Å². The van der Waals surface area contributed by atoms with Gasteiger partial charge in [-0.05, 0) is 63.9 Å². The number of nitrogens with zero attached hydrogens (tertiary/aromatic N) is 1. The number of nitrogens with two attached hydrogens (primary N) is 1. The van der Waals surface area contributed by atoms with Gasteiger partial charge in [0.15, 0.2) is 6.10 Å². The summed E-state index contributed by atoms with van der Waals surface area (Å²) in [6.07, 6.45) is 2.30. The molecular formula is C33H45N3O10. The van der Waals surface area contributed by atoms with Crippen molar-refractivity contribution in [3.05, 3.63) is 40.7 Å². The molecule has 6 atom stereocenters. The van der Waals surface area contributed by atoms with Crippen molar-refractivity contribution < 1.29 is 48.7 Å². The molecule has 1 fully saturated rings. The molecule has 2 aliphatic carbocycles. The Balaban J connectivity index is 1.26. The number of nitrogens with one attached hydrogen (secondary N) is 1. The first-order valence-electron chi connectivity index (χ1n) is 16.1. The molecule has 0 radical (unpaired) electrons. The molecule has 1 aromatic carbocycles. The molecule has 2 aliphatic heterocycles. The summed E-state index contributed by atoms with van der Waals surface area (Å²) in [5, 5.41) is 34.9. The van der Waals surface area contributed by atoms with Crippen LogP contribution in [0.15, 0.2) is 24.0 Å². The summed E-state index contributed by atoms with van der Waals surface area (Å²) in [6, 6.07) is 3.57. The number of amides is 1. The van der Waals surface area contributed by atoms with Crippen LogP contribution in [-0.2, 0) is 47.1 Å². The molecule has 6 N–H and O–H groups in total. The first kappa shape index (κ1) is 33.8. The van der Waals surface area contributed by atoms with Crippen LogP contribution in [0, 0.1) is 5.92 Å². The topological polar surface area (TPSA) is 198 Å². The Hall–Kier alpha value is -3.52. The van der Waals surface area contributed by atoms with Crippen molar-refractivity contribution in [3.63, 3.8) is 0 Å². The van der Waals surface area contributed by atoms with Gasteiger partial charge in [0.25, 0.3) is 0 Å². The lowest BCUT2D eigenvalue weighted by Gasteiger charge is -2.56. The molecule has 0 saturated carbocycles. The van der Waals surface area contributed by atoms with Gasteiger partial charge in [-0.3, -0.25) is 14.4 Å². The molecule has 46 heavy (non-hydrogen) atoms. The minimum Gasteiger partial charge on any atom is -0.481 e. The number of carbonyl (C=O) groups is 4. The van der Waals surface area contributed by atoms with Gasteiger partial charge in [0.2, 0.25) is 12.0 Å². The third-order valence-corrected chi connectivity index (χ3v) is 10.1. The Morgan fingerprint density at radius 2 is 2.00 bits per heavy atom. The molecule has 252 valence electrons. The molecule has 1 amide bonds. The number of aliphatic hydroxyl groups is 2. The van der Waals surface area contributed by atoms with Crippen molar-refractivity contribution in [1.82, 2.24) is 10.2 Å². The predicted octanol–water partition coefficient (Wildman–Crippen LogP) is 1.05. The predicted molar refractivity (Wildman–Crippen MR) is 163 cm³/mol. The summed E-state index contributed by atoms with van der Waals surface area (Å²) >= 11 is 0. The van der Waals surface area contributed by atoms with E-state index in [0.29, 0.717) is 37.1 Å². The van der Waals surface area contributed by atoms with Crippen LogP contribution >= 0.6 is 0 Å². The van der Waals surface area contributed by atoms with Crippen molar-refractivity contribution in [1.29, 1.82) is 0 Å². The number of likely N-dealkylation sites (N-methyl/N-ethyl adjacent to an activating group) is 1. The minimum atomic E-state index is -1.80. The van der Waals surface area contributed by atoms with E-state index in [9.17, 15) is 34.5 Å². The highest BCUT2D eigenvalue weighted by molar-refractivity contribution is 5.84. The maximum absolute atomic E-state index is 13.2. The number of aliphatic hydroxyl groups excluding tert-OH is 1. The van der Waals surface area contributed by atoms with E-state index >= 15 is 0 Å². The molecule has 4 aliphatic rings. The number of carboxylic acids is 1. The number of esters is 2. The van der Waals surface area contributed by atoms with Crippen LogP contribution in [0.3, 0.4) is 0 Å². The number of ether oxygens (including phenoxy) is 3. The Morgan fingerprint density at radius 1 is 1.22 bits per heavy atom. The highest BCUT2D eigenvalue weighted by atomic mass is 16.6. The Bertz CT molecular complexity index is 1400. The van der Waals surface area contributed by atoms with Crippen molar-refractivity contribution in [3.8, 4) is 5.75 Å². The zero-order chi connectivity index (χ0) is 33.2. The average molecular weight is 644 g/mol. The van der Waals surface area contributed by atoms with Crippen LogP contribution < -0.4 is 15.8 Å². The average Bonchev–Trinajstić information content (AvgIpc) is 3.35. The SMILES string of the molecule is C[C@@H](CCCCN)C(=O)NCCC(=O)O[C@@H](CC(=O)OC1=CC[C@@]2(O)[C@H]3Cc4ccc(CO)c5c4[C@@]2(CCCN3C)[C@H]1O5)C(=O)O. The van der Waals surface area contributed by atoms with Gasteiger partial charge < -0.3 is 45.5 Å². The van der Waals surface area contributed by atoms with Gasteiger partial charge in [-0.2, -0.15) is 0 Å². The summed E-state index contributed by atoms with van der Waals surface area (Å²) in [7, 11) is 1.99. The molecular weight excluding hydrogens is 598 g/mol. The summed E-state index contributed by atoms with van der Waals surface area (Å²) in [4.78, 5) is 51.9. The zero-order valence-corrected chi connectivity index (χ0v) is 26.5. The summed E-state index contributed by atoms with van der Waals surface area (Å²) in [6.45, 7) is 2.78. The lowest BCUT2D eigenvalue weighted by Crippen LogP contribution is -2.69. The fraction of sp³-hybridized carbons (Fsp3) is 0.636. The van der Waals surface area contributed by atoms with Crippen molar-refractivity contribution in [2.24, 2.45) is 11.7 Å². The maximum atomic E-state index is 13.2. The zero-order valence-electron chi connectivity index (χ0n) is 26.5. The smallest absolute Gasteiger partial charge is 0.345 e. The van der Waals surface area contributed by atoms with Crippen LogP contribution in [0.25, 0.3) is 0 Å². The van der Waals surface area contributed by atoms with Gasteiger partial charge in [-0.25, -0.2) is 4.79 Å². The number of carboxylic acid groups (broad SMARTS) is 1. The number of hydrogen-bond donors (Lipinski definition) is 5. The third kappa shape index (κ3) is 6.01. The molecule has 1 spiro atoms. The van der Waals surface area contributed by atoms with E-state index < -0.39 is 47.6 Å². The molecule has 5 rings (SSSR count). The summed E-state index contributed by atoms with van der Waals surface area (Å²) in [5.41, 5.74) is 5.74. The first-order chi connectivity index (χ1) is 22.0. The van der Waals surface area contributed by atoms with Crippen LogP contribution in [0.1, 0.15) is 75.0 Å². The third-order valence-electron chi connectivity index (χ3n) is 10.1. The van der Waals surface area contributed by atoms with E-state index in [1.807, 2.05) is 19.2 Å². The Labute approximate surface area is 268 Å². The van der Waals surface area contributed by atoms with Crippen molar-refractivity contribution in [2.75, 3.05) is 26.7 Å². The fourth-order valence-corrected chi connectivity index (χ4v) is 7.80. The molecule has 1 aromatic rings.